The minimum absolute atomic E-state index is 0.0280. The Morgan fingerprint density at radius 1 is 0.861 bits per heavy atom. The van der Waals surface area contributed by atoms with Gasteiger partial charge in [0.2, 0.25) is 0 Å². The highest BCUT2D eigenvalue weighted by Crippen LogP contribution is 2.35. The molecular formula is C28H21N3O4S. The van der Waals surface area contributed by atoms with Crippen molar-refractivity contribution in [2.45, 2.75) is 0 Å². The molecule has 8 heteroatoms. The molecule has 5 rings (SSSR count). The zero-order chi connectivity index (χ0) is 24.9. The van der Waals surface area contributed by atoms with Crippen LogP contribution in [0.5, 0.6) is 11.5 Å². The molecule has 0 spiro atoms. The summed E-state index contributed by atoms with van der Waals surface area (Å²) >= 11 is 0.828. The van der Waals surface area contributed by atoms with Gasteiger partial charge in [-0.15, -0.1) is 0 Å². The molecule has 1 aliphatic rings. The van der Waals surface area contributed by atoms with Gasteiger partial charge in [-0.3, -0.25) is 14.5 Å². The van der Waals surface area contributed by atoms with Crippen LogP contribution in [0.2, 0.25) is 0 Å². The van der Waals surface area contributed by atoms with Gasteiger partial charge in [0.1, 0.15) is 18.1 Å². The van der Waals surface area contributed by atoms with E-state index in [0.717, 1.165) is 27.4 Å². The van der Waals surface area contributed by atoms with E-state index >= 15 is 0 Å². The summed E-state index contributed by atoms with van der Waals surface area (Å²) in [6.45, 7) is 0.280. The lowest BCUT2D eigenvalue weighted by atomic mass is 10.1. The Bertz CT molecular complexity index is 1500. The molecule has 36 heavy (non-hydrogen) atoms. The van der Waals surface area contributed by atoms with Crippen LogP contribution in [-0.4, -0.2) is 34.3 Å². The number of aromatic hydroxyl groups is 1. The highest BCUT2D eigenvalue weighted by atomic mass is 32.2. The fourth-order valence-corrected chi connectivity index (χ4v) is 4.59. The van der Waals surface area contributed by atoms with Crippen molar-refractivity contribution in [1.29, 1.82) is 0 Å². The van der Waals surface area contributed by atoms with Crippen LogP contribution < -0.4 is 4.74 Å². The molecule has 0 aromatic heterocycles. The van der Waals surface area contributed by atoms with Crippen molar-refractivity contribution in [3.05, 3.63) is 101 Å². The van der Waals surface area contributed by atoms with Gasteiger partial charge in [0, 0.05) is 10.9 Å². The first-order chi connectivity index (χ1) is 17.6. The first-order valence-corrected chi connectivity index (χ1v) is 12.1. The van der Waals surface area contributed by atoms with Crippen molar-refractivity contribution in [2.24, 2.45) is 10.2 Å². The maximum absolute atomic E-state index is 12.9. The molecule has 1 aliphatic heterocycles. The van der Waals surface area contributed by atoms with Crippen molar-refractivity contribution >= 4 is 51.1 Å². The number of phenols is 1. The molecule has 0 radical (unpaired) electrons. The second kappa shape index (κ2) is 10.5. The summed E-state index contributed by atoms with van der Waals surface area (Å²) in [6, 6.07) is 27.6. The normalized spacial score (nSPS) is 14.9. The topological polar surface area (TPSA) is 91.6 Å². The molecule has 7 nitrogen and oxygen atoms in total. The molecule has 0 unspecified atom stereocenters. The summed E-state index contributed by atoms with van der Waals surface area (Å²) in [5.74, 6) is 0.240. The number of carbonyl (C=O) groups excluding carboxylic acids is 2. The molecule has 0 bridgehead atoms. The van der Waals surface area contributed by atoms with Crippen LogP contribution >= 0.6 is 11.8 Å². The van der Waals surface area contributed by atoms with Gasteiger partial charge in [0.15, 0.2) is 0 Å². The van der Waals surface area contributed by atoms with Crippen molar-refractivity contribution in [1.82, 2.24) is 4.90 Å². The summed E-state index contributed by atoms with van der Waals surface area (Å²) in [6.07, 6.45) is 1.49. The van der Waals surface area contributed by atoms with Gasteiger partial charge in [-0.2, -0.15) is 10.2 Å². The Labute approximate surface area is 211 Å². The van der Waals surface area contributed by atoms with Crippen molar-refractivity contribution in [3.63, 3.8) is 0 Å². The van der Waals surface area contributed by atoms with Gasteiger partial charge >= 0.3 is 0 Å². The number of carbonyl (C=O) groups is 2. The third-order valence-corrected chi connectivity index (χ3v) is 6.44. The number of benzene rings is 4. The number of amides is 2. The number of fused-ring (bicyclic) bond motifs is 1. The van der Waals surface area contributed by atoms with Crippen molar-refractivity contribution in [3.8, 4) is 11.5 Å². The zero-order valence-electron chi connectivity index (χ0n) is 19.1. The smallest absolute Gasteiger partial charge is 0.293 e. The zero-order valence-corrected chi connectivity index (χ0v) is 19.9. The van der Waals surface area contributed by atoms with E-state index in [4.69, 9.17) is 4.74 Å². The summed E-state index contributed by atoms with van der Waals surface area (Å²) in [5, 5.41) is 20.3. The van der Waals surface area contributed by atoms with Gasteiger partial charge in [-0.05, 0) is 59.6 Å². The van der Waals surface area contributed by atoms with E-state index in [1.54, 1.807) is 12.1 Å². The predicted molar refractivity (Wildman–Crippen MR) is 141 cm³/mol. The summed E-state index contributed by atoms with van der Waals surface area (Å²) in [5.41, 5.74) is 1.57. The number of rotatable bonds is 7. The molecule has 0 saturated carbocycles. The van der Waals surface area contributed by atoms with Gasteiger partial charge in [0.05, 0.1) is 22.8 Å². The minimum Gasteiger partial charge on any atom is -0.507 e. The lowest BCUT2D eigenvalue weighted by molar-refractivity contribution is -0.123. The Kier molecular flexibility index (Phi) is 6.77. The predicted octanol–water partition coefficient (Wildman–Crippen LogP) is 7.08. The number of hydrogen-bond donors (Lipinski definition) is 1. The fourth-order valence-electron chi connectivity index (χ4n) is 3.73. The monoisotopic (exact) mass is 495 g/mol. The molecule has 0 aliphatic carbocycles. The summed E-state index contributed by atoms with van der Waals surface area (Å²) in [7, 11) is 0. The van der Waals surface area contributed by atoms with Gasteiger partial charge in [-0.1, -0.05) is 54.6 Å². The van der Waals surface area contributed by atoms with E-state index in [0.29, 0.717) is 22.7 Å². The number of ether oxygens (including phenoxy) is 1. The minimum atomic E-state index is -0.428. The van der Waals surface area contributed by atoms with Crippen LogP contribution in [0.1, 0.15) is 5.56 Å². The van der Waals surface area contributed by atoms with Gasteiger partial charge in [0.25, 0.3) is 11.1 Å². The number of imide groups is 1. The third kappa shape index (κ3) is 5.13. The Morgan fingerprint density at radius 3 is 2.47 bits per heavy atom. The lowest BCUT2D eigenvalue weighted by Gasteiger charge is -2.14. The standard InChI is InChI=1S/C28H21N3O4S/c32-24-14-13-22(30-29-21-9-2-1-3-10-21)17-20(24)18-26-27(33)31(28(34)36-26)15-16-35-25-12-6-8-19-7-4-5-11-23(19)25/h1-14,17-18,32H,15-16H2/b26-18-,30-29?. The van der Waals surface area contributed by atoms with Crippen LogP contribution in [0.3, 0.4) is 0 Å². The third-order valence-electron chi connectivity index (χ3n) is 5.53. The van der Waals surface area contributed by atoms with Crippen LogP contribution in [0.4, 0.5) is 16.2 Å². The number of phenolic OH excluding ortho intramolecular Hbond substituents is 1. The van der Waals surface area contributed by atoms with E-state index in [-0.39, 0.29) is 29.0 Å². The van der Waals surface area contributed by atoms with Crippen LogP contribution in [0.25, 0.3) is 16.8 Å². The Morgan fingerprint density at radius 2 is 1.61 bits per heavy atom. The average Bonchev–Trinajstić information content (AvgIpc) is 3.17. The van der Waals surface area contributed by atoms with Crippen LogP contribution in [0.15, 0.2) is 106 Å². The van der Waals surface area contributed by atoms with E-state index in [9.17, 15) is 14.7 Å². The number of hydrogen-bond acceptors (Lipinski definition) is 7. The highest BCUT2D eigenvalue weighted by Gasteiger charge is 2.35. The van der Waals surface area contributed by atoms with E-state index in [2.05, 4.69) is 10.2 Å². The molecule has 1 saturated heterocycles. The second-order valence-electron chi connectivity index (χ2n) is 7.94. The average molecular weight is 496 g/mol. The second-order valence-corrected chi connectivity index (χ2v) is 8.93. The molecular weight excluding hydrogens is 474 g/mol. The van der Waals surface area contributed by atoms with Crippen LogP contribution in [0, 0.1) is 0 Å². The number of thioether (sulfide) groups is 1. The first kappa shape index (κ1) is 23.3. The largest absolute Gasteiger partial charge is 0.507 e. The lowest BCUT2D eigenvalue weighted by Crippen LogP contribution is -2.32. The quantitative estimate of drug-likeness (QED) is 0.219. The van der Waals surface area contributed by atoms with Crippen molar-refractivity contribution in [2.75, 3.05) is 13.2 Å². The maximum atomic E-state index is 12.9. The molecule has 0 atom stereocenters. The molecule has 4 aromatic rings. The SMILES string of the molecule is O=C1S/C(=C\c2cc(N=Nc3ccccc3)ccc2O)C(=O)N1CCOc1cccc2ccccc12. The number of nitrogens with zero attached hydrogens (tertiary/aromatic N) is 3. The fraction of sp³-hybridized carbons (Fsp3) is 0.0714. The van der Waals surface area contributed by atoms with E-state index in [1.807, 2.05) is 72.8 Å². The summed E-state index contributed by atoms with van der Waals surface area (Å²) in [4.78, 5) is 26.8. The molecule has 1 fully saturated rings. The molecule has 178 valence electrons. The van der Waals surface area contributed by atoms with E-state index < -0.39 is 5.91 Å². The number of azo groups is 1. The molecule has 4 aromatic carbocycles. The molecule has 2 amide bonds. The van der Waals surface area contributed by atoms with E-state index in [1.165, 1.54) is 12.1 Å². The first-order valence-electron chi connectivity index (χ1n) is 11.2. The highest BCUT2D eigenvalue weighted by molar-refractivity contribution is 8.18. The van der Waals surface area contributed by atoms with Crippen molar-refractivity contribution < 1.29 is 19.4 Å². The Balaban J connectivity index is 1.27. The Hall–Kier alpha value is -4.43. The summed E-state index contributed by atoms with van der Waals surface area (Å²) < 4.78 is 5.89. The van der Waals surface area contributed by atoms with Gasteiger partial charge < -0.3 is 9.84 Å². The molecule has 1 N–H and O–H groups in total. The van der Waals surface area contributed by atoms with Crippen LogP contribution in [-0.2, 0) is 4.79 Å². The van der Waals surface area contributed by atoms with Gasteiger partial charge in [-0.25, -0.2) is 0 Å². The molecule has 1 heterocycles. The maximum Gasteiger partial charge on any atom is 0.293 e.